The Labute approximate surface area is 102 Å². The van der Waals surface area contributed by atoms with Crippen LogP contribution in [-0.4, -0.2) is 19.4 Å². The largest absolute Gasteiger partial charge is 0.372 e. The summed E-state index contributed by atoms with van der Waals surface area (Å²) in [7, 11) is 1.83. The maximum Gasteiger partial charge on any atom is 0.161 e. The maximum atomic E-state index is 13.8. The summed E-state index contributed by atoms with van der Waals surface area (Å²) in [6.07, 6.45) is 3.26. The van der Waals surface area contributed by atoms with Crippen LogP contribution in [0.3, 0.4) is 0 Å². The Morgan fingerprint density at radius 3 is 2.65 bits per heavy atom. The van der Waals surface area contributed by atoms with Gasteiger partial charge in [0.25, 0.3) is 0 Å². The molecule has 0 aliphatic heterocycles. The van der Waals surface area contributed by atoms with Crippen LogP contribution in [0.4, 0.5) is 10.1 Å². The Balaban J connectivity index is 2.90. The average molecular weight is 237 g/mol. The molecule has 1 rings (SSSR count). The normalized spacial score (nSPS) is 10.4. The van der Waals surface area contributed by atoms with E-state index in [0.29, 0.717) is 11.3 Å². The molecule has 0 saturated heterocycles. The van der Waals surface area contributed by atoms with E-state index in [4.69, 9.17) is 0 Å². The number of unbranched alkanes of at least 4 members (excludes halogenated alkanes) is 2. The van der Waals surface area contributed by atoms with Gasteiger partial charge in [-0.2, -0.15) is 0 Å². The number of Topliss-reactive ketones (excluding diaryl/α,β-unsaturated/α-hetero) is 1. The third kappa shape index (κ3) is 3.55. The van der Waals surface area contributed by atoms with Crippen molar-refractivity contribution in [3.63, 3.8) is 0 Å². The lowest BCUT2D eigenvalue weighted by atomic mass is 10.1. The number of halogens is 1. The zero-order valence-electron chi connectivity index (χ0n) is 10.8. The van der Waals surface area contributed by atoms with Crippen LogP contribution in [0.2, 0.25) is 0 Å². The van der Waals surface area contributed by atoms with Crippen LogP contribution in [-0.2, 0) is 0 Å². The van der Waals surface area contributed by atoms with Crippen LogP contribution >= 0.6 is 0 Å². The molecule has 0 atom stereocenters. The van der Waals surface area contributed by atoms with E-state index >= 15 is 0 Å². The predicted molar refractivity (Wildman–Crippen MR) is 69.2 cm³/mol. The molecule has 0 saturated carbocycles. The van der Waals surface area contributed by atoms with Crippen molar-refractivity contribution in [1.29, 1.82) is 0 Å². The van der Waals surface area contributed by atoms with Gasteiger partial charge in [0.1, 0.15) is 5.82 Å². The van der Waals surface area contributed by atoms with Crippen molar-refractivity contribution in [2.75, 3.05) is 18.5 Å². The molecule has 0 spiro atoms. The number of ketones is 1. The summed E-state index contributed by atoms with van der Waals surface area (Å²) in [6, 6.07) is 4.66. The fourth-order valence-electron chi connectivity index (χ4n) is 1.90. The van der Waals surface area contributed by atoms with Crippen LogP contribution in [0.1, 0.15) is 43.5 Å². The van der Waals surface area contributed by atoms with Gasteiger partial charge in [-0.05, 0) is 25.5 Å². The number of benzene rings is 1. The first-order chi connectivity index (χ1) is 8.07. The number of hydrogen-bond donors (Lipinski definition) is 0. The van der Waals surface area contributed by atoms with Crippen molar-refractivity contribution in [2.24, 2.45) is 0 Å². The van der Waals surface area contributed by atoms with Crippen molar-refractivity contribution in [3.05, 3.63) is 29.6 Å². The highest BCUT2D eigenvalue weighted by Crippen LogP contribution is 2.24. The predicted octanol–water partition coefficient (Wildman–Crippen LogP) is 3.65. The highest BCUT2D eigenvalue weighted by atomic mass is 19.1. The number of para-hydroxylation sites is 1. The molecule has 2 nitrogen and oxygen atoms in total. The van der Waals surface area contributed by atoms with Crippen LogP contribution in [0.15, 0.2) is 18.2 Å². The molecule has 17 heavy (non-hydrogen) atoms. The van der Waals surface area contributed by atoms with Crippen LogP contribution in [0.25, 0.3) is 0 Å². The van der Waals surface area contributed by atoms with E-state index in [2.05, 4.69) is 6.92 Å². The summed E-state index contributed by atoms with van der Waals surface area (Å²) in [6.45, 7) is 4.37. The molecular formula is C14H20FNO. The first kappa shape index (κ1) is 13.7. The van der Waals surface area contributed by atoms with Crippen molar-refractivity contribution in [2.45, 2.75) is 33.1 Å². The molecule has 0 unspecified atom stereocenters. The minimum absolute atomic E-state index is 0.0955. The van der Waals surface area contributed by atoms with E-state index in [1.54, 1.807) is 12.1 Å². The van der Waals surface area contributed by atoms with Gasteiger partial charge in [0.05, 0.1) is 5.69 Å². The molecule has 0 heterocycles. The highest BCUT2D eigenvalue weighted by molar-refractivity contribution is 5.99. The summed E-state index contributed by atoms with van der Waals surface area (Å²) in [4.78, 5) is 13.3. The Bertz CT molecular complexity index is 390. The minimum Gasteiger partial charge on any atom is -0.372 e. The fourth-order valence-corrected chi connectivity index (χ4v) is 1.90. The lowest BCUT2D eigenvalue weighted by Crippen LogP contribution is -2.22. The summed E-state index contributed by atoms with van der Waals surface area (Å²) in [5.41, 5.74) is 0.889. The van der Waals surface area contributed by atoms with Gasteiger partial charge in [0.15, 0.2) is 5.78 Å². The number of rotatable bonds is 6. The molecule has 0 fully saturated rings. The molecule has 0 N–H and O–H groups in total. The second-order valence-electron chi connectivity index (χ2n) is 4.32. The molecule has 0 aromatic heterocycles. The molecule has 0 amide bonds. The molecule has 1 aromatic rings. The second kappa shape index (κ2) is 6.38. The van der Waals surface area contributed by atoms with Crippen LogP contribution in [0, 0.1) is 5.82 Å². The number of nitrogens with zero attached hydrogens (tertiary/aromatic N) is 1. The van der Waals surface area contributed by atoms with E-state index in [9.17, 15) is 9.18 Å². The Morgan fingerprint density at radius 1 is 1.35 bits per heavy atom. The SMILES string of the molecule is CCCCCN(C)c1c(F)cccc1C(C)=O. The topological polar surface area (TPSA) is 20.3 Å². The number of hydrogen-bond acceptors (Lipinski definition) is 2. The molecule has 0 radical (unpaired) electrons. The van der Waals surface area contributed by atoms with Crippen molar-refractivity contribution < 1.29 is 9.18 Å². The Morgan fingerprint density at radius 2 is 2.06 bits per heavy atom. The van der Waals surface area contributed by atoms with E-state index < -0.39 is 0 Å². The fraction of sp³-hybridized carbons (Fsp3) is 0.500. The standard InChI is InChI=1S/C14H20FNO/c1-4-5-6-10-16(3)14-12(11(2)17)8-7-9-13(14)15/h7-9H,4-6,10H2,1-3H3. The molecular weight excluding hydrogens is 217 g/mol. The van der Waals surface area contributed by atoms with Crippen molar-refractivity contribution in [1.82, 2.24) is 0 Å². The Kier molecular flexibility index (Phi) is 5.13. The van der Waals surface area contributed by atoms with Crippen LogP contribution in [0.5, 0.6) is 0 Å². The highest BCUT2D eigenvalue weighted by Gasteiger charge is 2.15. The van der Waals surface area contributed by atoms with Gasteiger partial charge in [0.2, 0.25) is 0 Å². The third-order valence-corrected chi connectivity index (χ3v) is 2.84. The first-order valence-electron chi connectivity index (χ1n) is 6.08. The minimum atomic E-state index is -0.323. The molecule has 0 aliphatic rings. The zero-order valence-corrected chi connectivity index (χ0v) is 10.8. The molecule has 0 aliphatic carbocycles. The average Bonchev–Trinajstić information content (AvgIpc) is 2.28. The van der Waals surface area contributed by atoms with E-state index in [0.717, 1.165) is 25.8 Å². The van der Waals surface area contributed by atoms with E-state index in [1.807, 2.05) is 11.9 Å². The lowest BCUT2D eigenvalue weighted by molar-refractivity contribution is 0.101. The quantitative estimate of drug-likeness (QED) is 0.556. The number of carbonyl (C=O) groups is 1. The van der Waals surface area contributed by atoms with Gasteiger partial charge in [-0.1, -0.05) is 25.8 Å². The van der Waals surface area contributed by atoms with Gasteiger partial charge in [-0.3, -0.25) is 4.79 Å². The van der Waals surface area contributed by atoms with E-state index in [1.165, 1.54) is 13.0 Å². The lowest BCUT2D eigenvalue weighted by Gasteiger charge is -2.22. The molecule has 3 heteroatoms. The van der Waals surface area contributed by atoms with Crippen molar-refractivity contribution >= 4 is 11.5 Å². The molecule has 94 valence electrons. The monoisotopic (exact) mass is 237 g/mol. The zero-order chi connectivity index (χ0) is 12.8. The first-order valence-corrected chi connectivity index (χ1v) is 6.08. The third-order valence-electron chi connectivity index (χ3n) is 2.84. The van der Waals surface area contributed by atoms with Gasteiger partial charge in [0, 0.05) is 19.2 Å². The number of anilines is 1. The second-order valence-corrected chi connectivity index (χ2v) is 4.32. The maximum absolute atomic E-state index is 13.8. The summed E-state index contributed by atoms with van der Waals surface area (Å²) < 4.78 is 13.8. The van der Waals surface area contributed by atoms with Gasteiger partial charge in [-0.25, -0.2) is 4.39 Å². The van der Waals surface area contributed by atoms with Gasteiger partial charge in [-0.15, -0.1) is 0 Å². The molecule has 0 bridgehead atoms. The summed E-state index contributed by atoms with van der Waals surface area (Å²) >= 11 is 0. The van der Waals surface area contributed by atoms with E-state index in [-0.39, 0.29) is 11.6 Å². The number of carbonyl (C=O) groups excluding carboxylic acids is 1. The smallest absolute Gasteiger partial charge is 0.161 e. The summed E-state index contributed by atoms with van der Waals surface area (Å²) in [5, 5.41) is 0. The van der Waals surface area contributed by atoms with Gasteiger partial charge < -0.3 is 4.90 Å². The molecule has 1 aromatic carbocycles. The van der Waals surface area contributed by atoms with Crippen molar-refractivity contribution in [3.8, 4) is 0 Å². The summed E-state index contributed by atoms with van der Waals surface area (Å²) in [5.74, 6) is -0.418. The van der Waals surface area contributed by atoms with Crippen LogP contribution < -0.4 is 4.90 Å². The van der Waals surface area contributed by atoms with Gasteiger partial charge >= 0.3 is 0 Å². The Hall–Kier alpha value is -1.38.